The molecule has 0 aliphatic carbocycles. The summed E-state index contributed by atoms with van der Waals surface area (Å²) >= 11 is 0. The molecule has 0 N–H and O–H groups in total. The molecule has 2 aromatic heterocycles. The molecule has 1 aliphatic heterocycles. The molecule has 0 saturated heterocycles. The number of aliphatic imine (C=N–C) groups is 1. The summed E-state index contributed by atoms with van der Waals surface area (Å²) in [6, 6.07) is 9.89. The molecule has 0 spiro atoms. The Bertz CT molecular complexity index is 992. The van der Waals surface area contributed by atoms with E-state index in [-0.39, 0.29) is 6.01 Å². The molecule has 9 nitrogen and oxygen atoms in total. The number of methoxy groups -OCH3 is 2. The highest BCUT2D eigenvalue weighted by Gasteiger charge is 2.27. The van der Waals surface area contributed by atoms with Crippen LogP contribution in [0.15, 0.2) is 56.5 Å². The van der Waals surface area contributed by atoms with Crippen molar-refractivity contribution in [1.29, 1.82) is 0 Å². The van der Waals surface area contributed by atoms with Gasteiger partial charge in [-0.1, -0.05) is 40.6 Å². The van der Waals surface area contributed by atoms with E-state index in [2.05, 4.69) is 20.3 Å². The van der Waals surface area contributed by atoms with Crippen LogP contribution in [-0.4, -0.2) is 41.8 Å². The van der Waals surface area contributed by atoms with Crippen molar-refractivity contribution in [3.8, 4) is 22.7 Å². The minimum atomic E-state index is -0.671. The minimum Gasteiger partial charge on any atom is -0.481 e. The lowest BCUT2D eigenvalue weighted by atomic mass is 10.1. The number of benzene rings is 1. The third kappa shape index (κ3) is 3.08. The van der Waals surface area contributed by atoms with Crippen molar-refractivity contribution in [2.24, 2.45) is 4.99 Å². The first-order valence-corrected chi connectivity index (χ1v) is 8.18. The smallest absolute Gasteiger partial charge is 0.326 e. The van der Waals surface area contributed by atoms with Gasteiger partial charge in [0.25, 0.3) is 5.89 Å². The zero-order valence-corrected chi connectivity index (χ0v) is 15.0. The molecule has 0 fully saturated rings. The summed E-state index contributed by atoms with van der Waals surface area (Å²) in [7, 11) is 3.07. The predicted molar refractivity (Wildman–Crippen MR) is 96.8 cm³/mol. The molecule has 3 aromatic rings. The Balaban J connectivity index is 1.70. The first-order valence-electron chi connectivity index (χ1n) is 8.18. The Hall–Kier alpha value is -3.46. The van der Waals surface area contributed by atoms with Gasteiger partial charge in [-0.05, 0) is 6.92 Å². The van der Waals surface area contributed by atoms with Gasteiger partial charge in [-0.15, -0.1) is 5.10 Å². The number of ether oxygens (including phenoxy) is 2. The van der Waals surface area contributed by atoms with Crippen molar-refractivity contribution in [1.82, 2.24) is 15.4 Å². The minimum absolute atomic E-state index is 0.228. The highest BCUT2D eigenvalue weighted by molar-refractivity contribution is 5.89. The summed E-state index contributed by atoms with van der Waals surface area (Å²) in [5.74, 6) is 1.33. The summed E-state index contributed by atoms with van der Waals surface area (Å²) in [5, 5.41) is 12.4. The van der Waals surface area contributed by atoms with Crippen molar-refractivity contribution < 1.29 is 18.4 Å². The van der Waals surface area contributed by atoms with Crippen LogP contribution in [0, 0.1) is 6.92 Å². The molecule has 0 amide bonds. The van der Waals surface area contributed by atoms with E-state index < -0.39 is 6.35 Å². The van der Waals surface area contributed by atoms with E-state index in [0.717, 1.165) is 5.56 Å². The van der Waals surface area contributed by atoms with E-state index in [4.69, 9.17) is 18.4 Å². The van der Waals surface area contributed by atoms with Crippen LogP contribution in [0.1, 0.15) is 5.76 Å². The molecule has 0 saturated carbocycles. The maximum absolute atomic E-state index is 5.87. The number of rotatable bonds is 4. The fourth-order valence-electron chi connectivity index (χ4n) is 2.71. The van der Waals surface area contributed by atoms with Crippen LogP contribution in [-0.2, 0) is 9.47 Å². The normalized spacial score (nSPS) is 16.5. The van der Waals surface area contributed by atoms with Crippen LogP contribution in [0.3, 0.4) is 0 Å². The maximum Gasteiger partial charge on any atom is 0.326 e. The van der Waals surface area contributed by atoms with Gasteiger partial charge in [0.2, 0.25) is 12.2 Å². The number of hydrogen-bond acceptors (Lipinski definition) is 9. The van der Waals surface area contributed by atoms with E-state index in [1.54, 1.807) is 24.1 Å². The van der Waals surface area contributed by atoms with Crippen molar-refractivity contribution in [3.05, 3.63) is 48.4 Å². The third-order valence-electron chi connectivity index (χ3n) is 4.03. The quantitative estimate of drug-likeness (QED) is 0.694. The number of aromatic nitrogens is 3. The molecule has 27 heavy (non-hydrogen) atoms. The summed E-state index contributed by atoms with van der Waals surface area (Å²) in [5.41, 5.74) is 2.18. The van der Waals surface area contributed by atoms with Gasteiger partial charge in [-0.3, -0.25) is 4.90 Å². The van der Waals surface area contributed by atoms with Gasteiger partial charge in [0.15, 0.2) is 0 Å². The van der Waals surface area contributed by atoms with Crippen molar-refractivity contribution in [2.45, 2.75) is 13.3 Å². The largest absolute Gasteiger partial charge is 0.481 e. The van der Waals surface area contributed by atoms with Crippen molar-refractivity contribution >= 4 is 11.9 Å². The SMILES string of the molecule is COC1=NC(OC)N(c2nnc(-c3c(-c4ccccc4)noc3C)o2)C=C1. The van der Waals surface area contributed by atoms with Gasteiger partial charge in [0.1, 0.15) is 17.0 Å². The second-order valence-electron chi connectivity index (χ2n) is 5.67. The Morgan fingerprint density at radius 3 is 2.67 bits per heavy atom. The predicted octanol–water partition coefficient (Wildman–Crippen LogP) is 3.01. The lowest BCUT2D eigenvalue weighted by Gasteiger charge is -2.25. The van der Waals surface area contributed by atoms with Crippen LogP contribution in [0.2, 0.25) is 0 Å². The van der Waals surface area contributed by atoms with Gasteiger partial charge >= 0.3 is 6.01 Å². The molecule has 0 radical (unpaired) electrons. The second kappa shape index (κ2) is 7.04. The Kier molecular flexibility index (Phi) is 4.43. The van der Waals surface area contributed by atoms with E-state index >= 15 is 0 Å². The molecule has 0 bridgehead atoms. The zero-order chi connectivity index (χ0) is 18.8. The molecule has 4 rings (SSSR count). The summed E-state index contributed by atoms with van der Waals surface area (Å²) in [6.45, 7) is 1.80. The van der Waals surface area contributed by atoms with Crippen molar-refractivity contribution in [2.75, 3.05) is 19.1 Å². The molecule has 3 heterocycles. The Morgan fingerprint density at radius 1 is 1.11 bits per heavy atom. The first kappa shape index (κ1) is 17.0. The second-order valence-corrected chi connectivity index (χ2v) is 5.67. The van der Waals surface area contributed by atoms with Gasteiger partial charge in [-0.25, -0.2) is 0 Å². The zero-order valence-electron chi connectivity index (χ0n) is 15.0. The Morgan fingerprint density at radius 2 is 1.93 bits per heavy atom. The maximum atomic E-state index is 5.87. The number of hydrogen-bond donors (Lipinski definition) is 0. The van der Waals surface area contributed by atoms with Crippen molar-refractivity contribution in [3.63, 3.8) is 0 Å². The standard InChI is InChI=1S/C18H17N5O4/c1-11-14(15(22-27-11)12-7-5-4-6-8-12)16-20-21-18(26-16)23-10-9-13(24-2)19-17(23)25-3/h4-10,17H,1-3H3. The van der Waals surface area contributed by atoms with E-state index in [9.17, 15) is 0 Å². The fourth-order valence-corrected chi connectivity index (χ4v) is 2.71. The fraction of sp³-hybridized carbons (Fsp3) is 0.222. The topological polar surface area (TPSA) is 99.0 Å². The average Bonchev–Trinajstić information content (AvgIpc) is 3.34. The van der Waals surface area contributed by atoms with E-state index in [1.165, 1.54) is 14.2 Å². The number of nitrogens with zero attached hydrogens (tertiary/aromatic N) is 5. The van der Waals surface area contributed by atoms with Crippen LogP contribution >= 0.6 is 0 Å². The molecule has 1 aromatic carbocycles. The third-order valence-corrected chi connectivity index (χ3v) is 4.03. The Labute approximate surface area is 154 Å². The molecule has 1 aliphatic rings. The van der Waals surface area contributed by atoms with Gasteiger partial charge in [0, 0.05) is 24.9 Å². The molecule has 1 atom stereocenters. The van der Waals surface area contributed by atoms with E-state index in [0.29, 0.717) is 28.8 Å². The average molecular weight is 367 g/mol. The van der Waals surface area contributed by atoms with Gasteiger partial charge < -0.3 is 18.4 Å². The lowest BCUT2D eigenvalue weighted by Crippen LogP contribution is -2.34. The monoisotopic (exact) mass is 367 g/mol. The molecular weight excluding hydrogens is 350 g/mol. The van der Waals surface area contributed by atoms with Crippen LogP contribution < -0.4 is 4.90 Å². The molecule has 9 heteroatoms. The van der Waals surface area contributed by atoms with Gasteiger partial charge in [0.05, 0.1) is 7.11 Å². The lowest BCUT2D eigenvalue weighted by molar-refractivity contribution is 0.107. The molecular formula is C18H17N5O4. The number of anilines is 1. The summed E-state index contributed by atoms with van der Waals surface area (Å²) in [4.78, 5) is 5.89. The molecule has 1 unspecified atom stereocenters. The van der Waals surface area contributed by atoms with Crippen LogP contribution in [0.25, 0.3) is 22.7 Å². The van der Waals surface area contributed by atoms with E-state index in [1.807, 2.05) is 30.3 Å². The van der Waals surface area contributed by atoms with Crippen LogP contribution in [0.4, 0.5) is 6.01 Å². The highest BCUT2D eigenvalue weighted by atomic mass is 16.5. The molecule has 138 valence electrons. The number of aryl methyl sites for hydroxylation is 1. The summed E-state index contributed by atoms with van der Waals surface area (Å²) < 4.78 is 21.7. The summed E-state index contributed by atoms with van der Waals surface area (Å²) in [6.07, 6.45) is 2.71. The highest BCUT2D eigenvalue weighted by Crippen LogP contribution is 2.35. The van der Waals surface area contributed by atoms with Crippen LogP contribution in [0.5, 0.6) is 0 Å². The first-order chi connectivity index (χ1) is 13.2. The van der Waals surface area contributed by atoms with Gasteiger partial charge in [-0.2, -0.15) is 4.99 Å².